The Bertz CT molecular complexity index is 2880. The zero-order valence-corrected chi connectivity index (χ0v) is 26.7. The number of benzene rings is 9. The highest BCUT2D eigenvalue weighted by Crippen LogP contribution is 2.46. The summed E-state index contributed by atoms with van der Waals surface area (Å²) in [7, 11) is 0. The Balaban J connectivity index is 1.20. The van der Waals surface area contributed by atoms with Gasteiger partial charge in [-0.05, 0) is 89.5 Å². The third-order valence-corrected chi connectivity index (χ3v) is 9.97. The zero-order chi connectivity index (χ0) is 33.2. The van der Waals surface area contributed by atoms with Crippen LogP contribution in [-0.2, 0) is 0 Å². The Morgan fingerprint density at radius 3 is 1.71 bits per heavy atom. The second-order valence-electron chi connectivity index (χ2n) is 12.7. The molecule has 0 amide bonds. The molecule has 0 bridgehead atoms. The van der Waals surface area contributed by atoms with Crippen molar-refractivity contribution in [1.82, 2.24) is 0 Å². The third-order valence-electron chi connectivity index (χ3n) is 9.97. The predicted octanol–water partition coefficient (Wildman–Crippen LogP) is 13.7. The molecule has 10 aromatic rings. The van der Waals surface area contributed by atoms with Crippen molar-refractivity contribution in [3.63, 3.8) is 0 Å². The van der Waals surface area contributed by atoms with Gasteiger partial charge in [-0.15, -0.1) is 0 Å². The van der Waals surface area contributed by atoms with Gasteiger partial charge in [-0.3, -0.25) is 0 Å². The number of para-hydroxylation sites is 1. The van der Waals surface area contributed by atoms with Gasteiger partial charge in [0, 0.05) is 16.3 Å². The molecule has 9 aromatic carbocycles. The fourth-order valence-corrected chi connectivity index (χ4v) is 7.81. The highest BCUT2D eigenvalue weighted by molar-refractivity contribution is 6.22. The van der Waals surface area contributed by atoms with Crippen LogP contribution in [-0.4, -0.2) is 0 Å². The van der Waals surface area contributed by atoms with Crippen LogP contribution in [0.4, 0.5) is 0 Å². The van der Waals surface area contributed by atoms with E-state index in [1.807, 2.05) is 18.2 Å². The van der Waals surface area contributed by atoms with Crippen molar-refractivity contribution in [3.05, 3.63) is 182 Å². The van der Waals surface area contributed by atoms with Gasteiger partial charge < -0.3 is 4.42 Å². The maximum Gasteiger partial charge on any atom is 0.143 e. The fraction of sp³-hybridized carbons (Fsp3) is 0. The van der Waals surface area contributed by atoms with Crippen LogP contribution in [0.25, 0.3) is 98.8 Å². The second-order valence-corrected chi connectivity index (χ2v) is 12.7. The summed E-state index contributed by atoms with van der Waals surface area (Å²) in [4.78, 5) is 0. The van der Waals surface area contributed by atoms with E-state index in [2.05, 4.69) is 158 Å². The molecule has 10 rings (SSSR count). The molecule has 1 heteroatoms. The van der Waals surface area contributed by atoms with E-state index >= 15 is 0 Å². The molecule has 0 fully saturated rings. The van der Waals surface area contributed by atoms with Crippen LogP contribution >= 0.6 is 0 Å². The van der Waals surface area contributed by atoms with E-state index in [1.165, 1.54) is 43.8 Å². The first-order valence-electron chi connectivity index (χ1n) is 17.3. The average Bonchev–Trinajstić information content (AvgIpc) is 3.56. The number of rotatable bonds is 4. The van der Waals surface area contributed by atoms with E-state index < -0.39 is 0 Å². The van der Waals surface area contributed by atoms with Crippen LogP contribution in [0.15, 0.2) is 186 Å². The highest BCUT2D eigenvalue weighted by atomic mass is 16.3. The van der Waals surface area contributed by atoms with Gasteiger partial charge in [0.1, 0.15) is 11.2 Å². The molecular formula is C48H30O. The van der Waals surface area contributed by atoms with Crippen molar-refractivity contribution in [3.8, 4) is 44.5 Å². The summed E-state index contributed by atoms with van der Waals surface area (Å²) in [5.74, 6) is 0. The van der Waals surface area contributed by atoms with Gasteiger partial charge in [0.05, 0.1) is 1.37 Å². The van der Waals surface area contributed by atoms with Gasteiger partial charge in [0.2, 0.25) is 0 Å². The van der Waals surface area contributed by atoms with Gasteiger partial charge in [-0.1, -0.05) is 164 Å². The molecule has 1 nitrogen and oxygen atoms in total. The summed E-state index contributed by atoms with van der Waals surface area (Å²) in [6, 6.07) is 62.9. The molecule has 0 spiro atoms. The Morgan fingerprint density at radius 2 is 0.959 bits per heavy atom. The molecular weight excluding hydrogens is 593 g/mol. The molecule has 0 saturated heterocycles. The van der Waals surface area contributed by atoms with E-state index in [0.717, 1.165) is 55.0 Å². The summed E-state index contributed by atoms with van der Waals surface area (Å²) in [6.07, 6.45) is 0. The van der Waals surface area contributed by atoms with Gasteiger partial charge >= 0.3 is 0 Å². The maximum atomic E-state index is 8.09. The lowest BCUT2D eigenvalue weighted by Gasteiger charge is -2.18. The van der Waals surface area contributed by atoms with Crippen LogP contribution in [0.1, 0.15) is 1.37 Å². The summed E-state index contributed by atoms with van der Waals surface area (Å²) < 4.78 is 14.7. The minimum Gasteiger partial charge on any atom is -0.455 e. The molecule has 0 N–H and O–H groups in total. The van der Waals surface area contributed by atoms with E-state index in [1.54, 1.807) is 0 Å². The van der Waals surface area contributed by atoms with Crippen molar-refractivity contribution >= 4 is 54.3 Å². The quantitative estimate of drug-likeness (QED) is 0.178. The van der Waals surface area contributed by atoms with Crippen molar-refractivity contribution in [2.75, 3.05) is 0 Å². The van der Waals surface area contributed by atoms with Gasteiger partial charge in [-0.2, -0.15) is 0 Å². The van der Waals surface area contributed by atoms with E-state index in [-0.39, 0.29) is 0 Å². The summed E-state index contributed by atoms with van der Waals surface area (Å²) in [6.45, 7) is 0. The monoisotopic (exact) mass is 623 g/mol. The third kappa shape index (κ3) is 4.40. The average molecular weight is 624 g/mol. The number of furan rings is 1. The second kappa shape index (κ2) is 11.1. The van der Waals surface area contributed by atoms with Crippen LogP contribution in [0.3, 0.4) is 0 Å². The minimum atomic E-state index is 0.530. The number of hydrogen-bond acceptors (Lipinski definition) is 1. The van der Waals surface area contributed by atoms with Crippen LogP contribution < -0.4 is 0 Å². The molecule has 0 aliphatic heterocycles. The van der Waals surface area contributed by atoms with Crippen molar-refractivity contribution in [2.45, 2.75) is 0 Å². The topological polar surface area (TPSA) is 13.1 Å². The number of hydrogen-bond donors (Lipinski definition) is 0. The van der Waals surface area contributed by atoms with Gasteiger partial charge in [0.25, 0.3) is 0 Å². The summed E-state index contributed by atoms with van der Waals surface area (Å²) >= 11 is 0. The van der Waals surface area contributed by atoms with Crippen molar-refractivity contribution in [2.24, 2.45) is 0 Å². The van der Waals surface area contributed by atoms with E-state index in [0.29, 0.717) is 6.04 Å². The highest BCUT2D eigenvalue weighted by Gasteiger charge is 2.19. The van der Waals surface area contributed by atoms with E-state index in [4.69, 9.17) is 5.79 Å². The fourth-order valence-electron chi connectivity index (χ4n) is 7.81. The standard InChI is InChI=1S/C48H30O/c1-2-14-32(15-3-1)38-24-11-25-43-47-37(23-12-26-44(47)49-48(38)43)34-17-10-18-35(30-34)45-39-19-6-8-21-41(39)46(42-22-9-7-20-40(42)45)36-28-27-31-13-4-5-16-33(31)29-36/h1-30H/i4D. The Labute approximate surface area is 285 Å². The Morgan fingerprint density at radius 1 is 0.367 bits per heavy atom. The lowest BCUT2D eigenvalue weighted by Crippen LogP contribution is -1.91. The largest absolute Gasteiger partial charge is 0.455 e. The first-order chi connectivity index (χ1) is 24.7. The summed E-state index contributed by atoms with van der Waals surface area (Å²) in [5.41, 5.74) is 11.2. The zero-order valence-electron chi connectivity index (χ0n) is 27.7. The number of fused-ring (bicyclic) bond motifs is 6. The molecule has 0 saturated carbocycles. The lowest BCUT2D eigenvalue weighted by atomic mass is 9.85. The maximum absolute atomic E-state index is 8.09. The molecule has 49 heavy (non-hydrogen) atoms. The lowest BCUT2D eigenvalue weighted by molar-refractivity contribution is 0.670. The molecule has 0 aliphatic rings. The van der Waals surface area contributed by atoms with Gasteiger partial charge in [0.15, 0.2) is 0 Å². The molecule has 0 aliphatic carbocycles. The Kier molecular flexibility index (Phi) is 6.02. The SMILES string of the molecule is [2H]c1ccc2cc(-c3c4ccccc4c(-c4cccc(-c5cccc6oc7c(-c8ccccc8)cccc7c56)c4)c4ccccc34)ccc2c1. The van der Waals surface area contributed by atoms with Crippen LogP contribution in [0.5, 0.6) is 0 Å². The first-order valence-corrected chi connectivity index (χ1v) is 16.8. The molecule has 1 heterocycles. The Hall–Kier alpha value is -6.44. The summed E-state index contributed by atoms with van der Waals surface area (Å²) in [5, 5.41) is 9.37. The van der Waals surface area contributed by atoms with Crippen molar-refractivity contribution in [1.29, 1.82) is 0 Å². The first kappa shape index (κ1) is 26.6. The van der Waals surface area contributed by atoms with Gasteiger partial charge in [-0.25, -0.2) is 0 Å². The smallest absolute Gasteiger partial charge is 0.143 e. The minimum absolute atomic E-state index is 0.530. The molecule has 0 unspecified atom stereocenters. The van der Waals surface area contributed by atoms with Crippen LogP contribution in [0, 0.1) is 0 Å². The molecule has 228 valence electrons. The van der Waals surface area contributed by atoms with Crippen molar-refractivity contribution < 1.29 is 5.79 Å². The van der Waals surface area contributed by atoms with E-state index in [9.17, 15) is 0 Å². The van der Waals surface area contributed by atoms with Crippen LogP contribution in [0.2, 0.25) is 0 Å². The molecule has 0 atom stereocenters. The molecule has 1 aromatic heterocycles. The molecule has 0 radical (unpaired) electrons. The predicted molar refractivity (Wildman–Crippen MR) is 208 cm³/mol. The normalized spacial score (nSPS) is 12.0.